The molecule has 0 saturated heterocycles. The Morgan fingerprint density at radius 2 is 2.06 bits per heavy atom. The maximum atomic E-state index is 12.2. The van der Waals surface area contributed by atoms with Gasteiger partial charge in [-0.2, -0.15) is 0 Å². The minimum atomic E-state index is 0.0614. The molecule has 2 nitrogen and oxygen atoms in total. The van der Waals surface area contributed by atoms with Gasteiger partial charge in [0.2, 0.25) is 0 Å². The van der Waals surface area contributed by atoms with Gasteiger partial charge >= 0.3 is 0 Å². The molecule has 92 valence electrons. The van der Waals surface area contributed by atoms with Gasteiger partial charge in [-0.15, -0.1) is 0 Å². The molecular formula is C13H15BrClNO. The minimum Gasteiger partial charge on any atom is -0.339 e. The van der Waals surface area contributed by atoms with Gasteiger partial charge in [-0.05, 0) is 47.0 Å². The van der Waals surface area contributed by atoms with Crippen LogP contribution in [-0.4, -0.2) is 23.9 Å². The molecule has 17 heavy (non-hydrogen) atoms. The highest BCUT2D eigenvalue weighted by molar-refractivity contribution is 9.10. The molecule has 1 aliphatic carbocycles. The van der Waals surface area contributed by atoms with Crippen molar-refractivity contribution < 1.29 is 4.79 Å². The van der Waals surface area contributed by atoms with Crippen molar-refractivity contribution >= 4 is 33.4 Å². The molecule has 0 radical (unpaired) electrons. The normalized spacial score (nSPS) is 16.2. The van der Waals surface area contributed by atoms with Crippen molar-refractivity contribution in [3.8, 4) is 0 Å². The number of halogens is 2. The zero-order valence-corrected chi connectivity index (χ0v) is 12.1. The highest BCUT2D eigenvalue weighted by Gasteiger charge is 2.24. The van der Waals surface area contributed by atoms with Crippen LogP contribution in [0.25, 0.3) is 0 Å². The fourth-order valence-electron chi connectivity index (χ4n) is 2.29. The monoisotopic (exact) mass is 315 g/mol. The Morgan fingerprint density at radius 1 is 1.41 bits per heavy atom. The number of carbonyl (C=O) groups excluding carboxylic acids is 1. The zero-order chi connectivity index (χ0) is 12.4. The summed E-state index contributed by atoms with van der Waals surface area (Å²) in [4.78, 5) is 14.1. The van der Waals surface area contributed by atoms with Gasteiger partial charge in [-0.1, -0.05) is 24.4 Å². The van der Waals surface area contributed by atoms with Crippen LogP contribution in [0.5, 0.6) is 0 Å². The van der Waals surface area contributed by atoms with Crippen LogP contribution in [-0.2, 0) is 0 Å². The number of carbonyl (C=O) groups is 1. The first-order valence-corrected chi connectivity index (χ1v) is 6.99. The molecule has 2 rings (SSSR count). The van der Waals surface area contributed by atoms with Crippen LogP contribution in [0.15, 0.2) is 22.7 Å². The van der Waals surface area contributed by atoms with Gasteiger partial charge in [0.05, 0.1) is 5.02 Å². The Kier molecular flexibility index (Phi) is 4.10. The smallest absolute Gasteiger partial charge is 0.253 e. The van der Waals surface area contributed by atoms with E-state index in [2.05, 4.69) is 15.9 Å². The van der Waals surface area contributed by atoms with Crippen molar-refractivity contribution in [2.75, 3.05) is 7.05 Å². The summed E-state index contributed by atoms with van der Waals surface area (Å²) in [5, 5.41) is 0.579. The van der Waals surface area contributed by atoms with E-state index in [1.807, 2.05) is 24.1 Å². The van der Waals surface area contributed by atoms with Crippen LogP contribution in [0.2, 0.25) is 5.02 Å². The van der Waals surface area contributed by atoms with Crippen LogP contribution in [0.4, 0.5) is 0 Å². The quantitative estimate of drug-likeness (QED) is 0.804. The average Bonchev–Trinajstić information content (AvgIpc) is 2.84. The standard InChI is InChI=1S/C13H15BrClNO/c1-16(10-4-2-3-5-10)13(17)9-6-7-11(14)12(15)8-9/h6-8,10H,2-5H2,1H3. The summed E-state index contributed by atoms with van der Waals surface area (Å²) >= 11 is 9.33. The molecule has 0 atom stereocenters. The first kappa shape index (κ1) is 12.9. The Bertz CT molecular complexity index is 429. The molecule has 0 heterocycles. The summed E-state index contributed by atoms with van der Waals surface area (Å²) in [6, 6.07) is 5.74. The van der Waals surface area contributed by atoms with Crippen molar-refractivity contribution in [2.45, 2.75) is 31.7 Å². The molecule has 1 aliphatic rings. The summed E-state index contributed by atoms with van der Waals surface area (Å²) in [5.41, 5.74) is 0.660. The average molecular weight is 317 g/mol. The second-order valence-electron chi connectivity index (χ2n) is 4.48. The molecule has 0 spiro atoms. The lowest BCUT2D eigenvalue weighted by atomic mass is 10.1. The lowest BCUT2D eigenvalue weighted by Gasteiger charge is -2.24. The number of hydrogen-bond donors (Lipinski definition) is 0. The third kappa shape index (κ3) is 2.83. The molecule has 1 saturated carbocycles. The first-order valence-electron chi connectivity index (χ1n) is 5.82. The predicted octanol–water partition coefficient (Wildman–Crippen LogP) is 4.12. The van der Waals surface area contributed by atoms with Crippen molar-refractivity contribution in [1.29, 1.82) is 0 Å². The van der Waals surface area contributed by atoms with E-state index >= 15 is 0 Å². The molecule has 0 N–H and O–H groups in total. The summed E-state index contributed by atoms with van der Waals surface area (Å²) in [6.45, 7) is 0. The third-order valence-corrected chi connectivity index (χ3v) is 4.59. The molecule has 0 aliphatic heterocycles. The van der Waals surface area contributed by atoms with Crippen LogP contribution in [0.3, 0.4) is 0 Å². The van der Waals surface area contributed by atoms with E-state index in [-0.39, 0.29) is 5.91 Å². The van der Waals surface area contributed by atoms with E-state index in [1.54, 1.807) is 6.07 Å². The fraction of sp³-hybridized carbons (Fsp3) is 0.462. The number of amides is 1. The van der Waals surface area contributed by atoms with E-state index in [0.717, 1.165) is 17.3 Å². The van der Waals surface area contributed by atoms with Gasteiger partial charge in [-0.25, -0.2) is 0 Å². The molecule has 1 amide bonds. The van der Waals surface area contributed by atoms with E-state index < -0.39 is 0 Å². The summed E-state index contributed by atoms with van der Waals surface area (Å²) in [5.74, 6) is 0.0614. The van der Waals surface area contributed by atoms with Crippen molar-refractivity contribution in [1.82, 2.24) is 4.90 Å². The fourth-order valence-corrected chi connectivity index (χ4v) is 2.72. The SMILES string of the molecule is CN(C(=O)c1ccc(Br)c(Cl)c1)C1CCCC1. The van der Waals surface area contributed by atoms with E-state index in [9.17, 15) is 4.79 Å². The van der Waals surface area contributed by atoms with E-state index in [4.69, 9.17) is 11.6 Å². The molecular weight excluding hydrogens is 302 g/mol. The lowest BCUT2D eigenvalue weighted by Crippen LogP contribution is -2.35. The first-order chi connectivity index (χ1) is 8.09. The van der Waals surface area contributed by atoms with E-state index in [0.29, 0.717) is 16.6 Å². The Labute approximate surface area is 115 Å². The second-order valence-corrected chi connectivity index (χ2v) is 5.74. The van der Waals surface area contributed by atoms with Gasteiger partial charge in [0.1, 0.15) is 0 Å². The van der Waals surface area contributed by atoms with Crippen LogP contribution >= 0.6 is 27.5 Å². The van der Waals surface area contributed by atoms with Crippen LogP contribution in [0, 0.1) is 0 Å². The number of hydrogen-bond acceptors (Lipinski definition) is 1. The largest absolute Gasteiger partial charge is 0.339 e. The van der Waals surface area contributed by atoms with Gasteiger partial charge < -0.3 is 4.90 Å². The van der Waals surface area contributed by atoms with Crippen molar-refractivity contribution in [3.05, 3.63) is 33.3 Å². The van der Waals surface area contributed by atoms with Crippen molar-refractivity contribution in [2.24, 2.45) is 0 Å². The maximum Gasteiger partial charge on any atom is 0.253 e. The summed E-state index contributed by atoms with van der Waals surface area (Å²) in [7, 11) is 1.88. The second kappa shape index (κ2) is 5.40. The molecule has 0 unspecified atom stereocenters. The highest BCUT2D eigenvalue weighted by atomic mass is 79.9. The predicted molar refractivity (Wildman–Crippen MR) is 73.5 cm³/mol. The van der Waals surface area contributed by atoms with Gasteiger partial charge in [-0.3, -0.25) is 4.79 Å². The van der Waals surface area contributed by atoms with Gasteiger partial charge in [0.25, 0.3) is 5.91 Å². The molecule has 0 aromatic heterocycles. The summed E-state index contributed by atoms with van der Waals surface area (Å²) < 4.78 is 0.819. The Hall–Kier alpha value is -0.540. The lowest BCUT2D eigenvalue weighted by molar-refractivity contribution is 0.0735. The number of rotatable bonds is 2. The maximum absolute atomic E-state index is 12.2. The van der Waals surface area contributed by atoms with Gasteiger partial charge in [0, 0.05) is 23.1 Å². The zero-order valence-electron chi connectivity index (χ0n) is 9.75. The third-order valence-electron chi connectivity index (χ3n) is 3.36. The molecule has 0 bridgehead atoms. The molecule has 1 aromatic rings. The van der Waals surface area contributed by atoms with Crippen LogP contribution < -0.4 is 0 Å². The number of nitrogens with zero attached hydrogens (tertiary/aromatic N) is 1. The minimum absolute atomic E-state index is 0.0614. The van der Waals surface area contributed by atoms with Crippen LogP contribution in [0.1, 0.15) is 36.0 Å². The number of benzene rings is 1. The van der Waals surface area contributed by atoms with E-state index in [1.165, 1.54) is 12.8 Å². The van der Waals surface area contributed by atoms with Gasteiger partial charge in [0.15, 0.2) is 0 Å². The highest BCUT2D eigenvalue weighted by Crippen LogP contribution is 2.26. The van der Waals surface area contributed by atoms with Crippen molar-refractivity contribution in [3.63, 3.8) is 0 Å². The topological polar surface area (TPSA) is 20.3 Å². The Balaban J connectivity index is 2.15. The summed E-state index contributed by atoms with van der Waals surface area (Å²) in [6.07, 6.45) is 4.69. The molecule has 1 aromatic carbocycles. The molecule has 4 heteroatoms. The Morgan fingerprint density at radius 3 is 2.65 bits per heavy atom. The molecule has 1 fully saturated rings.